The summed E-state index contributed by atoms with van der Waals surface area (Å²) in [5, 5.41) is 3.04. The summed E-state index contributed by atoms with van der Waals surface area (Å²) >= 11 is 7.08. The number of nitrogens with zero attached hydrogens (tertiary/aromatic N) is 1. The summed E-state index contributed by atoms with van der Waals surface area (Å²) in [6.07, 6.45) is 3.53. The molecule has 2 saturated carbocycles. The van der Waals surface area contributed by atoms with Gasteiger partial charge in [0.25, 0.3) is 0 Å². The molecule has 2 unspecified atom stereocenters. The van der Waals surface area contributed by atoms with Crippen LogP contribution in [-0.4, -0.2) is 23.4 Å². The summed E-state index contributed by atoms with van der Waals surface area (Å²) in [4.78, 5) is 14.9. The van der Waals surface area contributed by atoms with Crippen molar-refractivity contribution >= 4 is 43.5 Å². The zero-order valence-electron chi connectivity index (χ0n) is 15.6. The molecule has 0 radical (unpaired) electrons. The van der Waals surface area contributed by atoms with Crippen LogP contribution >= 0.6 is 31.9 Å². The van der Waals surface area contributed by atoms with Gasteiger partial charge in [0.1, 0.15) is 11.5 Å². The Morgan fingerprint density at radius 2 is 1.93 bits per heavy atom. The number of carbonyl (C=O) groups is 1. The summed E-state index contributed by atoms with van der Waals surface area (Å²) in [6, 6.07) is 8.66. The number of hydrogen-bond donors (Lipinski definition) is 1. The van der Waals surface area contributed by atoms with Crippen molar-refractivity contribution in [3.8, 4) is 0 Å². The van der Waals surface area contributed by atoms with Gasteiger partial charge >= 0.3 is 0 Å². The maximum atomic E-state index is 12.7. The van der Waals surface area contributed by atoms with Crippen LogP contribution in [0.1, 0.15) is 49.2 Å². The quantitative estimate of drug-likeness (QED) is 0.524. The first-order valence-corrected chi connectivity index (χ1v) is 11.1. The molecule has 1 aromatic carbocycles. The molecule has 6 heteroatoms. The number of halogens is 2. The molecule has 144 valence electrons. The van der Waals surface area contributed by atoms with Gasteiger partial charge in [-0.15, -0.1) is 0 Å². The fourth-order valence-corrected chi connectivity index (χ4v) is 5.15. The molecule has 2 fully saturated rings. The molecule has 2 aliphatic rings. The molecule has 0 bridgehead atoms. The largest absolute Gasteiger partial charge is 0.464 e. The lowest BCUT2D eigenvalue weighted by atomic mass is 10.2. The summed E-state index contributed by atoms with van der Waals surface area (Å²) in [5.74, 6) is 3.38. The number of benzene rings is 1. The third-order valence-electron chi connectivity index (χ3n) is 5.38. The van der Waals surface area contributed by atoms with E-state index < -0.39 is 0 Å². The van der Waals surface area contributed by atoms with Gasteiger partial charge in [-0.3, -0.25) is 9.69 Å². The SMILES string of the molecule is Cc1cc(Br)c(NC(=O)CN(Cc2ccc(C3CC3C)o2)C2CC2)c(Br)c1. The Kier molecular flexibility index (Phi) is 5.50. The molecule has 4 rings (SSSR count). The molecule has 0 saturated heterocycles. The number of anilines is 1. The molecule has 2 aliphatic carbocycles. The Morgan fingerprint density at radius 1 is 1.26 bits per heavy atom. The fourth-order valence-electron chi connectivity index (χ4n) is 3.53. The van der Waals surface area contributed by atoms with E-state index in [0.717, 1.165) is 50.5 Å². The lowest BCUT2D eigenvalue weighted by molar-refractivity contribution is -0.117. The number of nitrogens with one attached hydrogen (secondary N) is 1. The lowest BCUT2D eigenvalue weighted by Crippen LogP contribution is -2.34. The van der Waals surface area contributed by atoms with Gasteiger partial charge in [-0.1, -0.05) is 6.92 Å². The molecule has 2 atom stereocenters. The van der Waals surface area contributed by atoms with Gasteiger partial charge in [0.15, 0.2) is 0 Å². The monoisotopic (exact) mass is 494 g/mol. The van der Waals surface area contributed by atoms with E-state index in [9.17, 15) is 4.79 Å². The number of hydrogen-bond acceptors (Lipinski definition) is 3. The van der Waals surface area contributed by atoms with Crippen LogP contribution in [0.2, 0.25) is 0 Å². The predicted octanol–water partition coefficient (Wildman–Crippen LogP) is 5.84. The summed E-state index contributed by atoms with van der Waals surface area (Å²) in [7, 11) is 0. The summed E-state index contributed by atoms with van der Waals surface area (Å²) in [5.41, 5.74) is 1.91. The normalized spacial score (nSPS) is 21.5. The fraction of sp³-hybridized carbons (Fsp3) is 0.476. The molecule has 1 N–H and O–H groups in total. The first-order chi connectivity index (χ1) is 12.9. The molecule has 1 heterocycles. The summed E-state index contributed by atoms with van der Waals surface area (Å²) < 4.78 is 7.82. The van der Waals surface area contributed by atoms with Gasteiger partial charge in [-0.2, -0.15) is 0 Å². The molecular weight excluding hydrogens is 472 g/mol. The van der Waals surface area contributed by atoms with Crippen molar-refractivity contribution in [2.24, 2.45) is 5.92 Å². The van der Waals surface area contributed by atoms with E-state index in [2.05, 4.69) is 61.1 Å². The lowest BCUT2D eigenvalue weighted by Gasteiger charge is -2.21. The zero-order chi connectivity index (χ0) is 19.1. The summed E-state index contributed by atoms with van der Waals surface area (Å²) in [6.45, 7) is 5.34. The number of amides is 1. The Bertz CT molecular complexity index is 837. The second kappa shape index (κ2) is 7.72. The van der Waals surface area contributed by atoms with E-state index in [1.165, 1.54) is 6.42 Å². The second-order valence-electron chi connectivity index (χ2n) is 7.91. The van der Waals surface area contributed by atoms with Crippen LogP contribution < -0.4 is 5.32 Å². The van der Waals surface area contributed by atoms with E-state index in [-0.39, 0.29) is 5.91 Å². The minimum atomic E-state index is -0.00486. The van der Waals surface area contributed by atoms with Crippen LogP contribution in [0.4, 0.5) is 5.69 Å². The third-order valence-corrected chi connectivity index (χ3v) is 6.63. The second-order valence-corrected chi connectivity index (χ2v) is 9.62. The first-order valence-electron chi connectivity index (χ1n) is 9.49. The molecule has 1 aromatic heterocycles. The van der Waals surface area contributed by atoms with Crippen molar-refractivity contribution < 1.29 is 9.21 Å². The van der Waals surface area contributed by atoms with Crippen molar-refractivity contribution in [3.63, 3.8) is 0 Å². The average Bonchev–Trinajstić information content (AvgIpc) is 3.51. The maximum Gasteiger partial charge on any atom is 0.238 e. The van der Waals surface area contributed by atoms with Crippen LogP contribution in [0.3, 0.4) is 0 Å². The van der Waals surface area contributed by atoms with Crippen molar-refractivity contribution in [3.05, 3.63) is 50.3 Å². The predicted molar refractivity (Wildman–Crippen MR) is 114 cm³/mol. The molecular formula is C21H24Br2N2O2. The maximum absolute atomic E-state index is 12.7. The van der Waals surface area contributed by atoms with E-state index in [1.807, 2.05) is 19.1 Å². The van der Waals surface area contributed by atoms with Crippen molar-refractivity contribution in [2.75, 3.05) is 11.9 Å². The van der Waals surface area contributed by atoms with Gasteiger partial charge in [0.05, 0.1) is 18.8 Å². The Balaban J connectivity index is 1.40. The van der Waals surface area contributed by atoms with Gasteiger partial charge < -0.3 is 9.73 Å². The van der Waals surface area contributed by atoms with Gasteiger partial charge in [-0.05, 0) is 93.8 Å². The van der Waals surface area contributed by atoms with Crippen LogP contribution in [-0.2, 0) is 11.3 Å². The van der Waals surface area contributed by atoms with E-state index in [4.69, 9.17) is 4.42 Å². The van der Waals surface area contributed by atoms with Crippen molar-refractivity contribution in [1.82, 2.24) is 4.90 Å². The Labute approximate surface area is 176 Å². The topological polar surface area (TPSA) is 45.5 Å². The van der Waals surface area contributed by atoms with Crippen molar-refractivity contribution in [2.45, 2.75) is 51.6 Å². The molecule has 0 aliphatic heterocycles. The smallest absolute Gasteiger partial charge is 0.238 e. The minimum absolute atomic E-state index is 0.00486. The molecule has 0 spiro atoms. The average molecular weight is 496 g/mol. The number of carbonyl (C=O) groups excluding carboxylic acids is 1. The van der Waals surface area contributed by atoms with Gasteiger partial charge in [0, 0.05) is 20.9 Å². The molecule has 1 amide bonds. The van der Waals surface area contributed by atoms with Crippen LogP contribution in [0.5, 0.6) is 0 Å². The van der Waals surface area contributed by atoms with Gasteiger partial charge in [-0.25, -0.2) is 0 Å². The molecule has 27 heavy (non-hydrogen) atoms. The molecule has 2 aromatic rings. The first kappa shape index (κ1) is 19.2. The van der Waals surface area contributed by atoms with E-state index in [1.54, 1.807) is 0 Å². The highest BCUT2D eigenvalue weighted by Gasteiger charge is 2.37. The third kappa shape index (κ3) is 4.66. The Morgan fingerprint density at radius 3 is 2.52 bits per heavy atom. The van der Waals surface area contributed by atoms with Crippen molar-refractivity contribution in [1.29, 1.82) is 0 Å². The van der Waals surface area contributed by atoms with Crippen LogP contribution in [0, 0.1) is 12.8 Å². The van der Waals surface area contributed by atoms with Crippen LogP contribution in [0.15, 0.2) is 37.6 Å². The highest BCUT2D eigenvalue weighted by molar-refractivity contribution is 9.11. The van der Waals surface area contributed by atoms with E-state index >= 15 is 0 Å². The minimum Gasteiger partial charge on any atom is -0.464 e. The highest BCUT2D eigenvalue weighted by Crippen LogP contribution is 2.47. The van der Waals surface area contributed by atoms with Gasteiger partial charge in [0.2, 0.25) is 5.91 Å². The number of aryl methyl sites for hydroxylation is 1. The van der Waals surface area contributed by atoms with Crippen LogP contribution in [0.25, 0.3) is 0 Å². The highest BCUT2D eigenvalue weighted by atomic mass is 79.9. The molecule has 4 nitrogen and oxygen atoms in total. The number of furan rings is 1. The standard InChI is InChI=1S/C21H24Br2N2O2/c1-12-7-17(22)21(18(23)8-12)24-20(26)11-25(14-3-4-14)10-15-5-6-19(27-15)16-9-13(16)2/h5-8,13-14,16H,3-4,9-11H2,1-2H3,(H,24,26). The Hall–Kier alpha value is -1.11. The zero-order valence-corrected chi connectivity index (χ0v) is 18.8. The number of rotatable bonds is 7. The van der Waals surface area contributed by atoms with E-state index in [0.29, 0.717) is 25.0 Å².